The third-order valence-corrected chi connectivity index (χ3v) is 8.32. The quantitative estimate of drug-likeness (QED) is 0.489. The number of fused-ring (bicyclic) bond motifs is 1. The van der Waals surface area contributed by atoms with Crippen molar-refractivity contribution in [2.75, 3.05) is 40.5 Å². The van der Waals surface area contributed by atoms with Crippen molar-refractivity contribution in [1.29, 1.82) is 0 Å². The van der Waals surface area contributed by atoms with Gasteiger partial charge < -0.3 is 15.1 Å². The van der Waals surface area contributed by atoms with E-state index in [1.165, 1.54) is 6.07 Å². The molecule has 0 aliphatic carbocycles. The van der Waals surface area contributed by atoms with E-state index in [2.05, 4.69) is 40.0 Å². The molecule has 1 N–H and O–H groups in total. The number of nitrogens with one attached hydrogen (secondary N) is 1. The molecule has 1 heterocycles. The summed E-state index contributed by atoms with van der Waals surface area (Å²) in [6, 6.07) is 9.21. The van der Waals surface area contributed by atoms with Gasteiger partial charge in [0, 0.05) is 48.3 Å². The van der Waals surface area contributed by atoms with Gasteiger partial charge in [-0.25, -0.2) is 8.42 Å². The van der Waals surface area contributed by atoms with Crippen molar-refractivity contribution in [3.05, 3.63) is 45.9 Å². The van der Waals surface area contributed by atoms with Crippen LogP contribution in [0.4, 0.5) is 17.1 Å². The Bertz CT molecular complexity index is 1190. The Labute approximate surface area is 210 Å². The first-order chi connectivity index (χ1) is 16.1. The van der Waals surface area contributed by atoms with Crippen LogP contribution in [0.25, 0.3) is 0 Å². The molecule has 1 aliphatic rings. The van der Waals surface area contributed by atoms with E-state index in [1.54, 1.807) is 11.8 Å². The van der Waals surface area contributed by atoms with E-state index >= 15 is 0 Å². The van der Waals surface area contributed by atoms with Gasteiger partial charge in [0.05, 0.1) is 16.3 Å². The van der Waals surface area contributed by atoms with Gasteiger partial charge in [0.25, 0.3) is 0 Å². The molecule has 7 nitrogen and oxygen atoms in total. The molecule has 2 amide bonds. The lowest BCUT2D eigenvalue weighted by atomic mass is 10.1. The highest BCUT2D eigenvalue weighted by Crippen LogP contribution is 2.38. The average molecular weight is 551 g/mol. The molecule has 1 aliphatic heterocycles. The van der Waals surface area contributed by atoms with Crippen molar-refractivity contribution in [2.24, 2.45) is 0 Å². The van der Waals surface area contributed by atoms with Crippen molar-refractivity contribution < 1.29 is 18.0 Å². The van der Waals surface area contributed by atoms with Crippen LogP contribution in [0.1, 0.15) is 44.7 Å². The fourth-order valence-electron chi connectivity index (χ4n) is 4.27. The summed E-state index contributed by atoms with van der Waals surface area (Å²) >= 11 is 3.39. The number of hydrogen-bond acceptors (Lipinski definition) is 5. The van der Waals surface area contributed by atoms with Crippen LogP contribution in [-0.2, 0) is 25.8 Å². The van der Waals surface area contributed by atoms with Gasteiger partial charge in [-0.1, -0.05) is 22.9 Å². The summed E-state index contributed by atoms with van der Waals surface area (Å²) in [5.41, 5.74) is 3.94. The summed E-state index contributed by atoms with van der Waals surface area (Å²) in [6.07, 6.45) is 0.721. The van der Waals surface area contributed by atoms with Crippen molar-refractivity contribution in [2.45, 2.75) is 51.9 Å². The van der Waals surface area contributed by atoms with E-state index in [0.29, 0.717) is 35.2 Å². The normalized spacial score (nSPS) is 13.0. The number of carbonyl (C=O) groups excluding carboxylic acids is 2. The topological polar surface area (TPSA) is 86.8 Å². The molecule has 0 spiro atoms. The minimum Gasteiger partial charge on any atom is -0.372 e. The Hall–Kier alpha value is -2.39. The van der Waals surface area contributed by atoms with Crippen molar-refractivity contribution in [3.63, 3.8) is 0 Å². The van der Waals surface area contributed by atoms with Crippen LogP contribution in [0, 0.1) is 6.92 Å². The zero-order chi connectivity index (χ0) is 25.0. The molecule has 184 valence electrons. The first-order valence-corrected chi connectivity index (χ1v) is 14.1. The SMILES string of the molecule is CCC(=O)N1CCc2cc(Br)cc(S(=O)(=O)CCC(=O)Nc3ccc(N(CC)CC)cc3C)c21. The second-order valence-corrected chi connectivity index (χ2v) is 11.3. The first-order valence-electron chi connectivity index (χ1n) is 11.6. The van der Waals surface area contributed by atoms with Gasteiger partial charge in [0.15, 0.2) is 9.84 Å². The van der Waals surface area contributed by atoms with Crippen LogP contribution in [-0.4, -0.2) is 45.6 Å². The number of amides is 2. The molecule has 34 heavy (non-hydrogen) atoms. The molecule has 0 atom stereocenters. The zero-order valence-corrected chi connectivity index (χ0v) is 22.6. The Kier molecular flexibility index (Phi) is 8.41. The summed E-state index contributed by atoms with van der Waals surface area (Å²) in [4.78, 5) is 28.9. The van der Waals surface area contributed by atoms with Crippen LogP contribution < -0.4 is 15.1 Å². The molecule has 2 aromatic rings. The number of carbonyl (C=O) groups is 2. The van der Waals surface area contributed by atoms with Crippen LogP contribution in [0.5, 0.6) is 0 Å². The predicted molar refractivity (Wildman–Crippen MR) is 141 cm³/mol. The number of hydrogen-bond donors (Lipinski definition) is 1. The van der Waals surface area contributed by atoms with E-state index in [1.807, 2.05) is 31.2 Å². The monoisotopic (exact) mass is 549 g/mol. The minimum absolute atomic E-state index is 0.101. The second-order valence-electron chi connectivity index (χ2n) is 8.35. The molecule has 0 bridgehead atoms. The lowest BCUT2D eigenvalue weighted by molar-refractivity contribution is -0.118. The smallest absolute Gasteiger partial charge is 0.226 e. The second kappa shape index (κ2) is 10.9. The van der Waals surface area contributed by atoms with E-state index in [9.17, 15) is 18.0 Å². The Morgan fingerprint density at radius 1 is 1.12 bits per heavy atom. The van der Waals surface area contributed by atoms with Gasteiger partial charge in [-0.3, -0.25) is 9.59 Å². The summed E-state index contributed by atoms with van der Waals surface area (Å²) in [6.45, 7) is 10.1. The maximum Gasteiger partial charge on any atom is 0.226 e. The summed E-state index contributed by atoms with van der Waals surface area (Å²) in [5.74, 6) is -0.818. The molecular formula is C25H32BrN3O4S. The van der Waals surface area contributed by atoms with E-state index in [0.717, 1.165) is 29.9 Å². The number of rotatable bonds is 9. The van der Waals surface area contributed by atoms with Gasteiger partial charge in [0.2, 0.25) is 11.8 Å². The van der Waals surface area contributed by atoms with Crippen LogP contribution in [0.3, 0.4) is 0 Å². The fourth-order valence-corrected chi connectivity index (χ4v) is 6.44. The van der Waals surface area contributed by atoms with Crippen molar-refractivity contribution in [3.8, 4) is 0 Å². The summed E-state index contributed by atoms with van der Waals surface area (Å²) in [5, 5.41) is 2.84. The minimum atomic E-state index is -3.80. The molecule has 0 radical (unpaired) electrons. The number of aryl methyl sites for hydroxylation is 1. The Morgan fingerprint density at radius 3 is 2.44 bits per heavy atom. The average Bonchev–Trinajstić information content (AvgIpc) is 3.22. The van der Waals surface area contributed by atoms with Gasteiger partial charge in [0.1, 0.15) is 0 Å². The van der Waals surface area contributed by atoms with E-state index < -0.39 is 9.84 Å². The highest BCUT2D eigenvalue weighted by atomic mass is 79.9. The maximum atomic E-state index is 13.3. The number of halogens is 1. The zero-order valence-electron chi connectivity index (χ0n) is 20.2. The summed E-state index contributed by atoms with van der Waals surface area (Å²) in [7, 11) is -3.80. The molecule has 0 saturated heterocycles. The maximum absolute atomic E-state index is 13.3. The van der Waals surface area contributed by atoms with Crippen LogP contribution in [0.2, 0.25) is 0 Å². The van der Waals surface area contributed by atoms with E-state index in [4.69, 9.17) is 0 Å². The molecule has 0 saturated carbocycles. The molecular weight excluding hydrogens is 518 g/mol. The predicted octanol–water partition coefficient (Wildman–Crippen LogP) is 4.71. The third kappa shape index (κ3) is 5.63. The highest BCUT2D eigenvalue weighted by Gasteiger charge is 2.32. The Balaban J connectivity index is 1.75. The highest BCUT2D eigenvalue weighted by molar-refractivity contribution is 9.10. The molecule has 0 fully saturated rings. The van der Waals surface area contributed by atoms with Crippen molar-refractivity contribution in [1.82, 2.24) is 0 Å². The lowest BCUT2D eigenvalue weighted by Crippen LogP contribution is -2.29. The number of nitrogens with zero attached hydrogens (tertiary/aromatic N) is 2. The van der Waals surface area contributed by atoms with Gasteiger partial charge >= 0.3 is 0 Å². The molecule has 2 aromatic carbocycles. The van der Waals surface area contributed by atoms with Crippen molar-refractivity contribution >= 4 is 54.6 Å². The Morgan fingerprint density at radius 2 is 1.82 bits per heavy atom. The van der Waals surface area contributed by atoms with Gasteiger partial charge in [-0.2, -0.15) is 0 Å². The van der Waals surface area contributed by atoms with E-state index in [-0.39, 0.29) is 28.9 Å². The van der Waals surface area contributed by atoms with Crippen LogP contribution in [0.15, 0.2) is 39.7 Å². The molecule has 3 rings (SSSR count). The standard InChI is InChI=1S/C25H32BrN3O4S/c1-5-24(31)29-12-10-18-15-19(26)16-22(25(18)29)34(32,33)13-11-23(30)27-21-9-8-20(14-17(21)4)28(6-2)7-3/h8-9,14-16H,5-7,10-13H2,1-4H3,(H,27,30). The first kappa shape index (κ1) is 26.2. The molecule has 0 unspecified atom stereocenters. The van der Waals surface area contributed by atoms with Gasteiger partial charge in [-0.05, 0) is 68.7 Å². The number of sulfone groups is 1. The molecule has 0 aromatic heterocycles. The van der Waals surface area contributed by atoms with Crippen LogP contribution >= 0.6 is 15.9 Å². The lowest BCUT2D eigenvalue weighted by Gasteiger charge is -2.22. The summed E-state index contributed by atoms with van der Waals surface area (Å²) < 4.78 is 27.2. The third-order valence-electron chi connectivity index (χ3n) is 6.14. The number of anilines is 3. The largest absolute Gasteiger partial charge is 0.372 e. The van der Waals surface area contributed by atoms with Gasteiger partial charge in [-0.15, -0.1) is 0 Å². The fraction of sp³-hybridized carbons (Fsp3) is 0.440. The molecule has 9 heteroatoms. The number of benzene rings is 2.